The Morgan fingerprint density at radius 2 is 1.92 bits per heavy atom. The first-order chi connectivity index (χ1) is 6.22. The summed E-state index contributed by atoms with van der Waals surface area (Å²) in [6.07, 6.45) is 3.27. The number of aryl methyl sites for hydroxylation is 1. The van der Waals surface area contributed by atoms with Gasteiger partial charge in [0.25, 0.3) is 0 Å². The van der Waals surface area contributed by atoms with Gasteiger partial charge >= 0.3 is 0 Å². The van der Waals surface area contributed by atoms with E-state index in [4.69, 9.17) is 0 Å². The molecule has 0 aliphatic heterocycles. The van der Waals surface area contributed by atoms with Crippen LogP contribution < -0.4 is 0 Å². The Morgan fingerprint density at radius 1 is 1.31 bits per heavy atom. The van der Waals surface area contributed by atoms with Crippen LogP contribution in [0.5, 0.6) is 0 Å². The highest BCUT2D eigenvalue weighted by Crippen LogP contribution is 2.13. The Kier molecular flexibility index (Phi) is 4.43. The van der Waals surface area contributed by atoms with Gasteiger partial charge in [0.2, 0.25) is 0 Å². The standard InChI is InChI=1S/C11H14BrF/c1-2-10(12)6-3-9-4-7-11(13)8-5-9/h4-5,7-8,10H,2-3,6H2,1H3. The van der Waals surface area contributed by atoms with Crippen LogP contribution in [-0.4, -0.2) is 4.83 Å². The maximum absolute atomic E-state index is 12.5. The summed E-state index contributed by atoms with van der Waals surface area (Å²) >= 11 is 3.57. The van der Waals surface area contributed by atoms with Gasteiger partial charge in [-0.15, -0.1) is 0 Å². The van der Waals surface area contributed by atoms with Crippen molar-refractivity contribution in [1.82, 2.24) is 0 Å². The molecule has 0 N–H and O–H groups in total. The van der Waals surface area contributed by atoms with Crippen LogP contribution in [0.4, 0.5) is 4.39 Å². The quantitative estimate of drug-likeness (QED) is 0.705. The number of rotatable bonds is 4. The SMILES string of the molecule is CCC(Br)CCc1ccc(F)cc1. The summed E-state index contributed by atoms with van der Waals surface area (Å²) in [5.41, 5.74) is 1.21. The maximum Gasteiger partial charge on any atom is 0.123 e. The van der Waals surface area contributed by atoms with Gasteiger partial charge < -0.3 is 0 Å². The number of alkyl halides is 1. The van der Waals surface area contributed by atoms with Gasteiger partial charge in [-0.05, 0) is 37.0 Å². The zero-order chi connectivity index (χ0) is 9.68. The summed E-state index contributed by atoms with van der Waals surface area (Å²) in [7, 11) is 0. The Hall–Kier alpha value is -0.370. The van der Waals surface area contributed by atoms with Crippen molar-refractivity contribution in [3.63, 3.8) is 0 Å². The van der Waals surface area contributed by atoms with Crippen molar-refractivity contribution in [2.24, 2.45) is 0 Å². The highest BCUT2D eigenvalue weighted by molar-refractivity contribution is 9.09. The summed E-state index contributed by atoms with van der Waals surface area (Å²) in [4.78, 5) is 0.581. The molecule has 0 saturated carbocycles. The molecule has 0 spiro atoms. The maximum atomic E-state index is 12.5. The molecular formula is C11H14BrF. The van der Waals surface area contributed by atoms with E-state index in [9.17, 15) is 4.39 Å². The molecule has 1 unspecified atom stereocenters. The first kappa shape index (κ1) is 10.7. The average molecular weight is 245 g/mol. The topological polar surface area (TPSA) is 0 Å². The van der Waals surface area contributed by atoms with E-state index >= 15 is 0 Å². The Balaban J connectivity index is 2.41. The van der Waals surface area contributed by atoms with Crippen LogP contribution in [0.25, 0.3) is 0 Å². The van der Waals surface area contributed by atoms with Gasteiger partial charge in [0.15, 0.2) is 0 Å². The van der Waals surface area contributed by atoms with Crippen LogP contribution in [0.2, 0.25) is 0 Å². The molecule has 1 aromatic carbocycles. The van der Waals surface area contributed by atoms with E-state index in [1.54, 1.807) is 0 Å². The zero-order valence-electron chi connectivity index (χ0n) is 7.76. The van der Waals surface area contributed by atoms with Crippen LogP contribution in [0.3, 0.4) is 0 Å². The number of hydrogen-bond acceptors (Lipinski definition) is 0. The predicted molar refractivity (Wildman–Crippen MR) is 57.7 cm³/mol. The van der Waals surface area contributed by atoms with E-state index < -0.39 is 0 Å². The summed E-state index contributed by atoms with van der Waals surface area (Å²) in [5, 5.41) is 0. The summed E-state index contributed by atoms with van der Waals surface area (Å²) < 4.78 is 12.5. The summed E-state index contributed by atoms with van der Waals surface area (Å²) in [6.45, 7) is 2.16. The normalized spacial score (nSPS) is 12.8. The monoisotopic (exact) mass is 244 g/mol. The third-order valence-corrected chi connectivity index (χ3v) is 3.21. The number of benzene rings is 1. The molecule has 0 radical (unpaired) electrons. The average Bonchev–Trinajstić information content (AvgIpc) is 2.16. The van der Waals surface area contributed by atoms with Crippen molar-refractivity contribution in [1.29, 1.82) is 0 Å². The molecule has 0 aliphatic carbocycles. The van der Waals surface area contributed by atoms with Crippen LogP contribution in [0, 0.1) is 5.82 Å². The second-order valence-corrected chi connectivity index (χ2v) is 4.47. The molecule has 13 heavy (non-hydrogen) atoms. The second-order valence-electron chi connectivity index (χ2n) is 3.17. The molecule has 2 heteroatoms. The van der Waals surface area contributed by atoms with Gasteiger partial charge in [-0.1, -0.05) is 35.0 Å². The van der Waals surface area contributed by atoms with Crippen molar-refractivity contribution in [2.75, 3.05) is 0 Å². The number of halogens is 2. The van der Waals surface area contributed by atoms with Gasteiger partial charge in [0.1, 0.15) is 5.82 Å². The fourth-order valence-corrected chi connectivity index (χ4v) is 1.41. The summed E-state index contributed by atoms with van der Waals surface area (Å²) in [5.74, 6) is -0.158. The van der Waals surface area contributed by atoms with Crippen molar-refractivity contribution in [2.45, 2.75) is 31.0 Å². The Bertz CT molecular complexity index is 243. The van der Waals surface area contributed by atoms with Crippen molar-refractivity contribution >= 4 is 15.9 Å². The lowest BCUT2D eigenvalue weighted by Crippen LogP contribution is -1.97. The van der Waals surface area contributed by atoms with Crippen molar-refractivity contribution < 1.29 is 4.39 Å². The van der Waals surface area contributed by atoms with Gasteiger partial charge in [0.05, 0.1) is 0 Å². The largest absolute Gasteiger partial charge is 0.207 e. The lowest BCUT2D eigenvalue weighted by molar-refractivity contribution is 0.626. The van der Waals surface area contributed by atoms with E-state index in [1.165, 1.54) is 17.7 Å². The Morgan fingerprint density at radius 3 is 2.46 bits per heavy atom. The fourth-order valence-electron chi connectivity index (χ4n) is 1.18. The molecule has 0 saturated heterocycles. The van der Waals surface area contributed by atoms with E-state index in [-0.39, 0.29) is 5.82 Å². The lowest BCUT2D eigenvalue weighted by Gasteiger charge is -2.05. The zero-order valence-corrected chi connectivity index (χ0v) is 9.35. The van der Waals surface area contributed by atoms with Gasteiger partial charge in [0, 0.05) is 4.83 Å². The molecular weight excluding hydrogens is 231 g/mol. The number of hydrogen-bond donors (Lipinski definition) is 0. The first-order valence-electron chi connectivity index (χ1n) is 4.61. The van der Waals surface area contributed by atoms with E-state index in [1.807, 2.05) is 12.1 Å². The molecule has 0 amide bonds. The molecule has 0 aliphatic rings. The molecule has 1 atom stereocenters. The molecule has 0 aromatic heterocycles. The van der Waals surface area contributed by atoms with Crippen LogP contribution in [-0.2, 0) is 6.42 Å². The molecule has 0 bridgehead atoms. The second kappa shape index (κ2) is 5.38. The van der Waals surface area contributed by atoms with Crippen molar-refractivity contribution in [3.05, 3.63) is 35.6 Å². The minimum Gasteiger partial charge on any atom is -0.207 e. The third-order valence-electron chi connectivity index (χ3n) is 2.10. The first-order valence-corrected chi connectivity index (χ1v) is 5.52. The highest BCUT2D eigenvalue weighted by Gasteiger charge is 2.01. The smallest absolute Gasteiger partial charge is 0.123 e. The van der Waals surface area contributed by atoms with E-state index in [0.29, 0.717) is 4.83 Å². The van der Waals surface area contributed by atoms with Gasteiger partial charge in [-0.2, -0.15) is 0 Å². The fraction of sp³-hybridized carbons (Fsp3) is 0.455. The molecule has 0 heterocycles. The third kappa shape index (κ3) is 3.90. The molecule has 1 aromatic rings. The highest BCUT2D eigenvalue weighted by atomic mass is 79.9. The molecule has 0 nitrogen and oxygen atoms in total. The van der Waals surface area contributed by atoms with E-state index in [2.05, 4.69) is 22.9 Å². The summed E-state index contributed by atoms with van der Waals surface area (Å²) in [6, 6.07) is 6.74. The predicted octanol–water partition coefficient (Wildman–Crippen LogP) is 3.93. The lowest BCUT2D eigenvalue weighted by atomic mass is 10.1. The van der Waals surface area contributed by atoms with Crippen LogP contribution in [0.15, 0.2) is 24.3 Å². The van der Waals surface area contributed by atoms with Gasteiger partial charge in [-0.3, -0.25) is 0 Å². The molecule has 72 valence electrons. The molecule has 1 rings (SSSR count). The Labute approximate surface area is 87.3 Å². The minimum absolute atomic E-state index is 0.158. The van der Waals surface area contributed by atoms with Gasteiger partial charge in [-0.25, -0.2) is 4.39 Å². The van der Waals surface area contributed by atoms with Crippen molar-refractivity contribution in [3.8, 4) is 0 Å². The van der Waals surface area contributed by atoms with Crippen LogP contribution in [0.1, 0.15) is 25.3 Å². The van der Waals surface area contributed by atoms with Crippen LogP contribution >= 0.6 is 15.9 Å². The minimum atomic E-state index is -0.158. The molecule has 0 fully saturated rings. The van der Waals surface area contributed by atoms with E-state index in [0.717, 1.165) is 19.3 Å².